The summed E-state index contributed by atoms with van der Waals surface area (Å²) in [6.45, 7) is 1.87. The van der Waals surface area contributed by atoms with Crippen LogP contribution in [0.15, 0.2) is 18.2 Å². The Morgan fingerprint density at radius 1 is 1.38 bits per heavy atom. The van der Waals surface area contributed by atoms with Gasteiger partial charge in [0.05, 0.1) is 24.6 Å². The first-order valence-corrected chi connectivity index (χ1v) is 6.92. The summed E-state index contributed by atoms with van der Waals surface area (Å²) in [6.07, 6.45) is 1.61. The Balaban J connectivity index is 2.16. The number of rotatable bonds is 7. The highest BCUT2D eigenvalue weighted by molar-refractivity contribution is 6.02. The van der Waals surface area contributed by atoms with E-state index in [1.807, 2.05) is 0 Å². The molecule has 1 aliphatic carbocycles. The lowest BCUT2D eigenvalue weighted by Gasteiger charge is -2.17. The predicted octanol–water partition coefficient (Wildman–Crippen LogP) is 2.22. The van der Waals surface area contributed by atoms with Crippen molar-refractivity contribution in [3.63, 3.8) is 0 Å². The first-order chi connectivity index (χ1) is 10.0. The normalized spacial score (nSPS) is 15.6. The third-order valence-electron chi connectivity index (χ3n) is 3.20. The fourth-order valence-corrected chi connectivity index (χ4v) is 2.02. The molecule has 1 fully saturated rings. The molecule has 0 heterocycles. The molecule has 0 radical (unpaired) electrons. The molecule has 0 spiro atoms. The Kier molecular flexibility index (Phi) is 5.01. The van der Waals surface area contributed by atoms with Gasteiger partial charge in [-0.15, -0.1) is 0 Å². The zero-order valence-electron chi connectivity index (χ0n) is 11.7. The SMILES string of the molecule is CCOC(=O)CC(NC1CC1)C(=O)c1cc(F)ccc1F. The number of ketones is 1. The van der Waals surface area contributed by atoms with Crippen molar-refractivity contribution in [2.75, 3.05) is 6.61 Å². The minimum absolute atomic E-state index is 0.144. The van der Waals surface area contributed by atoms with Gasteiger partial charge in [-0.3, -0.25) is 9.59 Å². The van der Waals surface area contributed by atoms with Gasteiger partial charge in [0.25, 0.3) is 0 Å². The number of halogens is 2. The van der Waals surface area contributed by atoms with Gasteiger partial charge in [0.15, 0.2) is 5.78 Å². The number of esters is 1. The van der Waals surface area contributed by atoms with Crippen LogP contribution >= 0.6 is 0 Å². The highest BCUT2D eigenvalue weighted by atomic mass is 19.1. The summed E-state index contributed by atoms with van der Waals surface area (Å²) in [5.41, 5.74) is -0.350. The lowest BCUT2D eigenvalue weighted by atomic mass is 10.0. The van der Waals surface area contributed by atoms with Crippen LogP contribution in [0.2, 0.25) is 0 Å². The van der Waals surface area contributed by atoms with Crippen LogP contribution in [-0.4, -0.2) is 30.4 Å². The van der Waals surface area contributed by atoms with E-state index < -0.39 is 29.4 Å². The topological polar surface area (TPSA) is 55.4 Å². The maximum absolute atomic E-state index is 13.7. The van der Waals surface area contributed by atoms with Gasteiger partial charge in [-0.25, -0.2) is 8.78 Å². The van der Waals surface area contributed by atoms with E-state index in [1.165, 1.54) is 0 Å². The maximum Gasteiger partial charge on any atom is 0.307 e. The number of benzene rings is 1. The van der Waals surface area contributed by atoms with Crippen LogP contribution in [0.1, 0.15) is 36.5 Å². The molecular weight excluding hydrogens is 280 g/mol. The zero-order chi connectivity index (χ0) is 15.4. The van der Waals surface area contributed by atoms with Crippen molar-refractivity contribution in [1.82, 2.24) is 5.32 Å². The van der Waals surface area contributed by atoms with Crippen molar-refractivity contribution in [2.24, 2.45) is 0 Å². The monoisotopic (exact) mass is 297 g/mol. The standard InChI is InChI=1S/C15H17F2NO3/c1-2-21-14(19)8-13(18-10-4-5-10)15(20)11-7-9(16)3-6-12(11)17/h3,6-7,10,13,18H,2,4-5,8H2,1H3. The number of ether oxygens (including phenoxy) is 1. The van der Waals surface area contributed by atoms with Gasteiger partial charge in [-0.05, 0) is 38.0 Å². The number of carbonyl (C=O) groups is 2. The molecule has 4 nitrogen and oxygen atoms in total. The highest BCUT2D eigenvalue weighted by Crippen LogP contribution is 2.22. The minimum atomic E-state index is -0.896. The summed E-state index contributed by atoms with van der Waals surface area (Å²) >= 11 is 0. The average Bonchev–Trinajstić information content (AvgIpc) is 3.24. The molecule has 114 valence electrons. The minimum Gasteiger partial charge on any atom is -0.466 e. The molecule has 1 unspecified atom stereocenters. The molecule has 2 rings (SSSR count). The number of hydrogen-bond acceptors (Lipinski definition) is 4. The van der Waals surface area contributed by atoms with Crippen LogP contribution < -0.4 is 5.32 Å². The van der Waals surface area contributed by atoms with E-state index in [1.54, 1.807) is 6.92 Å². The second-order valence-electron chi connectivity index (χ2n) is 4.99. The number of hydrogen-bond donors (Lipinski definition) is 1. The molecule has 21 heavy (non-hydrogen) atoms. The van der Waals surface area contributed by atoms with Crippen LogP contribution in [0.25, 0.3) is 0 Å². The Bertz CT molecular complexity index is 544. The summed E-state index contributed by atoms with van der Waals surface area (Å²) < 4.78 is 31.7. The summed E-state index contributed by atoms with van der Waals surface area (Å²) in [5, 5.41) is 2.99. The maximum atomic E-state index is 13.7. The number of nitrogens with one attached hydrogen (secondary N) is 1. The van der Waals surface area contributed by atoms with Gasteiger partial charge >= 0.3 is 5.97 Å². The Morgan fingerprint density at radius 3 is 2.71 bits per heavy atom. The van der Waals surface area contributed by atoms with Crippen LogP contribution in [-0.2, 0) is 9.53 Å². The largest absolute Gasteiger partial charge is 0.466 e. The molecular formula is C15H17F2NO3. The van der Waals surface area contributed by atoms with E-state index in [0.717, 1.165) is 31.0 Å². The average molecular weight is 297 g/mol. The Morgan fingerprint density at radius 2 is 2.10 bits per heavy atom. The van der Waals surface area contributed by atoms with E-state index in [-0.39, 0.29) is 24.6 Å². The first-order valence-electron chi connectivity index (χ1n) is 6.92. The molecule has 1 aliphatic rings. The summed E-state index contributed by atoms with van der Waals surface area (Å²) in [5.74, 6) is -2.67. The second-order valence-corrected chi connectivity index (χ2v) is 4.99. The molecule has 1 N–H and O–H groups in total. The molecule has 0 amide bonds. The van der Waals surface area contributed by atoms with E-state index >= 15 is 0 Å². The van der Waals surface area contributed by atoms with Crippen molar-refractivity contribution in [1.29, 1.82) is 0 Å². The van der Waals surface area contributed by atoms with Gasteiger partial charge in [0, 0.05) is 6.04 Å². The molecule has 1 saturated carbocycles. The van der Waals surface area contributed by atoms with E-state index in [4.69, 9.17) is 4.74 Å². The molecule has 0 aromatic heterocycles. The summed E-state index contributed by atoms with van der Waals surface area (Å²) in [4.78, 5) is 23.9. The molecule has 1 aromatic rings. The van der Waals surface area contributed by atoms with Gasteiger partial charge in [0.1, 0.15) is 11.6 Å². The second kappa shape index (κ2) is 6.76. The molecule has 1 aromatic carbocycles. The predicted molar refractivity (Wildman–Crippen MR) is 71.9 cm³/mol. The van der Waals surface area contributed by atoms with Crippen molar-refractivity contribution in [3.8, 4) is 0 Å². The van der Waals surface area contributed by atoms with Gasteiger partial charge in [-0.1, -0.05) is 0 Å². The molecule has 6 heteroatoms. The number of carbonyl (C=O) groups excluding carboxylic acids is 2. The molecule has 1 atom stereocenters. The van der Waals surface area contributed by atoms with Crippen LogP contribution in [0.3, 0.4) is 0 Å². The third kappa shape index (κ3) is 4.32. The fraction of sp³-hybridized carbons (Fsp3) is 0.467. The number of Topliss-reactive ketones (excluding diaryl/α,β-unsaturated/α-hetero) is 1. The van der Waals surface area contributed by atoms with Crippen molar-refractivity contribution >= 4 is 11.8 Å². The van der Waals surface area contributed by atoms with Gasteiger partial charge in [0.2, 0.25) is 0 Å². The Hall–Kier alpha value is -1.82. The van der Waals surface area contributed by atoms with Crippen molar-refractivity contribution < 1.29 is 23.1 Å². The molecule has 0 bridgehead atoms. The summed E-state index contributed by atoms with van der Waals surface area (Å²) in [6, 6.07) is 1.95. The van der Waals surface area contributed by atoms with Crippen LogP contribution in [0, 0.1) is 11.6 Å². The smallest absolute Gasteiger partial charge is 0.307 e. The van der Waals surface area contributed by atoms with Crippen LogP contribution in [0.4, 0.5) is 8.78 Å². The highest BCUT2D eigenvalue weighted by Gasteiger charge is 2.32. The zero-order valence-corrected chi connectivity index (χ0v) is 11.7. The van der Waals surface area contributed by atoms with E-state index in [2.05, 4.69) is 5.32 Å². The summed E-state index contributed by atoms with van der Waals surface area (Å²) in [7, 11) is 0. The molecule has 0 saturated heterocycles. The van der Waals surface area contributed by atoms with Gasteiger partial charge in [-0.2, -0.15) is 0 Å². The lowest BCUT2D eigenvalue weighted by molar-refractivity contribution is -0.143. The van der Waals surface area contributed by atoms with Crippen LogP contribution in [0.5, 0.6) is 0 Å². The Labute approximate surface area is 121 Å². The fourth-order valence-electron chi connectivity index (χ4n) is 2.02. The van der Waals surface area contributed by atoms with Crippen molar-refractivity contribution in [2.45, 2.75) is 38.3 Å². The molecule has 0 aliphatic heterocycles. The van der Waals surface area contributed by atoms with Crippen molar-refractivity contribution in [3.05, 3.63) is 35.4 Å². The quantitative estimate of drug-likeness (QED) is 0.619. The van der Waals surface area contributed by atoms with E-state index in [0.29, 0.717) is 0 Å². The van der Waals surface area contributed by atoms with Gasteiger partial charge < -0.3 is 10.1 Å². The lowest BCUT2D eigenvalue weighted by Crippen LogP contribution is -2.40. The third-order valence-corrected chi connectivity index (χ3v) is 3.20. The van der Waals surface area contributed by atoms with E-state index in [9.17, 15) is 18.4 Å². The first kappa shape index (κ1) is 15.6.